The van der Waals surface area contributed by atoms with Gasteiger partial charge in [-0.05, 0) is 35.7 Å². The van der Waals surface area contributed by atoms with Crippen LogP contribution in [-0.2, 0) is 6.54 Å². The Morgan fingerprint density at radius 2 is 2.11 bits per heavy atom. The van der Waals surface area contributed by atoms with Gasteiger partial charge < -0.3 is 10.5 Å². The third-order valence-corrected chi connectivity index (χ3v) is 2.79. The van der Waals surface area contributed by atoms with Crippen LogP contribution in [0.4, 0.5) is 4.39 Å². The number of pyridine rings is 1. The lowest BCUT2D eigenvalue weighted by Gasteiger charge is -2.10. The second kappa shape index (κ2) is 6.29. The summed E-state index contributed by atoms with van der Waals surface area (Å²) in [4.78, 5) is 4.13. The lowest BCUT2D eigenvalue weighted by atomic mass is 10.0. The Kier molecular flexibility index (Phi) is 4.47. The van der Waals surface area contributed by atoms with Crippen molar-refractivity contribution in [2.24, 2.45) is 5.73 Å². The molecule has 0 aliphatic rings. The van der Waals surface area contributed by atoms with Crippen LogP contribution in [0.3, 0.4) is 0 Å². The molecule has 0 unspecified atom stereocenters. The van der Waals surface area contributed by atoms with E-state index in [0.29, 0.717) is 18.9 Å². The molecule has 4 heteroatoms. The van der Waals surface area contributed by atoms with Crippen LogP contribution in [-0.4, -0.2) is 11.6 Å². The van der Waals surface area contributed by atoms with Crippen molar-refractivity contribution in [1.29, 1.82) is 0 Å². The normalized spacial score (nSPS) is 10.5. The molecule has 19 heavy (non-hydrogen) atoms. The molecule has 3 nitrogen and oxygen atoms in total. The molecular formula is C15H17FN2O. The van der Waals surface area contributed by atoms with Gasteiger partial charge in [0.2, 0.25) is 0 Å². The van der Waals surface area contributed by atoms with Crippen LogP contribution in [0.2, 0.25) is 0 Å². The summed E-state index contributed by atoms with van der Waals surface area (Å²) < 4.78 is 18.9. The van der Waals surface area contributed by atoms with Crippen molar-refractivity contribution in [3.05, 3.63) is 48.0 Å². The standard InChI is InChI=1S/C15H17FN2O/c1-2-5-19-14-6-12(9-18-10-14)15-7-13(16)4-3-11(15)8-17/h3-4,6-7,9-10H,2,5,8,17H2,1H3. The van der Waals surface area contributed by atoms with Gasteiger partial charge in [-0.2, -0.15) is 0 Å². The molecule has 0 atom stereocenters. The zero-order valence-corrected chi connectivity index (χ0v) is 10.9. The maximum Gasteiger partial charge on any atom is 0.138 e. The zero-order valence-electron chi connectivity index (χ0n) is 10.9. The fraction of sp³-hybridized carbons (Fsp3) is 0.267. The molecule has 0 bridgehead atoms. The van der Waals surface area contributed by atoms with Gasteiger partial charge >= 0.3 is 0 Å². The molecule has 1 aromatic heterocycles. The van der Waals surface area contributed by atoms with Crippen LogP contribution >= 0.6 is 0 Å². The van der Waals surface area contributed by atoms with Gasteiger partial charge in [0.05, 0.1) is 12.8 Å². The van der Waals surface area contributed by atoms with Gasteiger partial charge in [-0.3, -0.25) is 4.98 Å². The number of ether oxygens (including phenoxy) is 1. The number of hydrogen-bond donors (Lipinski definition) is 1. The largest absolute Gasteiger partial charge is 0.492 e. The Balaban J connectivity index is 2.38. The molecule has 100 valence electrons. The van der Waals surface area contributed by atoms with Crippen LogP contribution in [0.15, 0.2) is 36.7 Å². The summed E-state index contributed by atoms with van der Waals surface area (Å²) in [6, 6.07) is 6.44. The SMILES string of the molecule is CCCOc1cncc(-c2cc(F)ccc2CN)c1. The molecule has 0 saturated carbocycles. The molecule has 0 amide bonds. The third kappa shape index (κ3) is 3.29. The van der Waals surface area contributed by atoms with E-state index < -0.39 is 0 Å². The van der Waals surface area contributed by atoms with Crippen molar-refractivity contribution >= 4 is 0 Å². The second-order valence-corrected chi connectivity index (χ2v) is 4.26. The highest BCUT2D eigenvalue weighted by atomic mass is 19.1. The van der Waals surface area contributed by atoms with Crippen LogP contribution in [0.1, 0.15) is 18.9 Å². The first kappa shape index (κ1) is 13.5. The minimum absolute atomic E-state index is 0.285. The topological polar surface area (TPSA) is 48.1 Å². The van der Waals surface area contributed by atoms with E-state index >= 15 is 0 Å². The molecule has 0 aliphatic heterocycles. The molecule has 2 aromatic rings. The van der Waals surface area contributed by atoms with Crippen LogP contribution in [0.5, 0.6) is 5.75 Å². The zero-order chi connectivity index (χ0) is 13.7. The van der Waals surface area contributed by atoms with E-state index in [1.807, 2.05) is 13.0 Å². The molecule has 0 spiro atoms. The van der Waals surface area contributed by atoms with Gasteiger partial charge in [-0.15, -0.1) is 0 Å². The maximum absolute atomic E-state index is 13.4. The molecule has 1 heterocycles. The fourth-order valence-electron chi connectivity index (χ4n) is 1.86. The predicted octanol–water partition coefficient (Wildman–Crippen LogP) is 3.14. The van der Waals surface area contributed by atoms with Crippen molar-refractivity contribution in [2.45, 2.75) is 19.9 Å². The summed E-state index contributed by atoms with van der Waals surface area (Å²) >= 11 is 0. The lowest BCUT2D eigenvalue weighted by Crippen LogP contribution is -2.00. The highest BCUT2D eigenvalue weighted by molar-refractivity contribution is 5.67. The number of nitrogens with zero attached hydrogens (tertiary/aromatic N) is 1. The van der Waals surface area contributed by atoms with E-state index in [2.05, 4.69) is 4.98 Å². The molecule has 0 radical (unpaired) electrons. The lowest BCUT2D eigenvalue weighted by molar-refractivity contribution is 0.316. The van der Waals surface area contributed by atoms with Gasteiger partial charge in [0.25, 0.3) is 0 Å². The summed E-state index contributed by atoms with van der Waals surface area (Å²) in [7, 11) is 0. The smallest absolute Gasteiger partial charge is 0.138 e. The highest BCUT2D eigenvalue weighted by Gasteiger charge is 2.07. The summed E-state index contributed by atoms with van der Waals surface area (Å²) in [5.41, 5.74) is 8.14. The average molecular weight is 260 g/mol. The van der Waals surface area contributed by atoms with Gasteiger partial charge in [0.15, 0.2) is 0 Å². The number of rotatable bonds is 5. The van der Waals surface area contributed by atoms with Gasteiger partial charge in [0.1, 0.15) is 11.6 Å². The summed E-state index contributed by atoms with van der Waals surface area (Å²) in [6.07, 6.45) is 4.27. The molecule has 1 aromatic carbocycles. The van der Waals surface area contributed by atoms with E-state index in [9.17, 15) is 4.39 Å². The van der Waals surface area contributed by atoms with Crippen molar-refractivity contribution < 1.29 is 9.13 Å². The van der Waals surface area contributed by atoms with Gasteiger partial charge in [0, 0.05) is 18.3 Å². The quantitative estimate of drug-likeness (QED) is 0.898. The third-order valence-electron chi connectivity index (χ3n) is 2.79. The summed E-state index contributed by atoms with van der Waals surface area (Å²) in [5, 5.41) is 0. The van der Waals surface area contributed by atoms with E-state index in [-0.39, 0.29) is 5.82 Å². The Labute approximate surface area is 112 Å². The molecule has 0 aliphatic carbocycles. The fourth-order valence-corrected chi connectivity index (χ4v) is 1.86. The van der Waals surface area contributed by atoms with Crippen molar-refractivity contribution in [3.8, 4) is 16.9 Å². The Hall–Kier alpha value is -1.94. The number of halogens is 1. The van der Waals surface area contributed by atoms with Gasteiger partial charge in [-0.25, -0.2) is 4.39 Å². The molecule has 2 rings (SSSR count). The average Bonchev–Trinajstić information content (AvgIpc) is 2.45. The first-order chi connectivity index (χ1) is 9.24. The van der Waals surface area contributed by atoms with E-state index in [4.69, 9.17) is 10.5 Å². The molecular weight excluding hydrogens is 243 g/mol. The Morgan fingerprint density at radius 1 is 1.26 bits per heavy atom. The monoisotopic (exact) mass is 260 g/mol. The van der Waals surface area contributed by atoms with Crippen LogP contribution in [0, 0.1) is 5.82 Å². The summed E-state index contributed by atoms with van der Waals surface area (Å²) in [6.45, 7) is 3.03. The minimum atomic E-state index is -0.285. The molecule has 2 N–H and O–H groups in total. The van der Waals surface area contributed by atoms with Gasteiger partial charge in [-0.1, -0.05) is 13.0 Å². The van der Waals surface area contributed by atoms with E-state index in [1.165, 1.54) is 12.1 Å². The van der Waals surface area contributed by atoms with E-state index in [0.717, 1.165) is 23.1 Å². The van der Waals surface area contributed by atoms with E-state index in [1.54, 1.807) is 18.5 Å². The first-order valence-electron chi connectivity index (χ1n) is 6.31. The summed E-state index contributed by atoms with van der Waals surface area (Å²) in [5.74, 6) is 0.402. The number of hydrogen-bond acceptors (Lipinski definition) is 3. The first-order valence-corrected chi connectivity index (χ1v) is 6.31. The highest BCUT2D eigenvalue weighted by Crippen LogP contribution is 2.26. The number of benzene rings is 1. The van der Waals surface area contributed by atoms with Crippen molar-refractivity contribution in [1.82, 2.24) is 4.98 Å². The Morgan fingerprint density at radius 3 is 2.84 bits per heavy atom. The van der Waals surface area contributed by atoms with Crippen molar-refractivity contribution in [3.63, 3.8) is 0 Å². The number of aromatic nitrogens is 1. The Bertz CT molecular complexity index is 558. The second-order valence-electron chi connectivity index (χ2n) is 4.26. The maximum atomic E-state index is 13.4. The minimum Gasteiger partial charge on any atom is -0.492 e. The van der Waals surface area contributed by atoms with Crippen LogP contribution in [0.25, 0.3) is 11.1 Å². The number of nitrogens with two attached hydrogens (primary N) is 1. The molecule has 0 fully saturated rings. The van der Waals surface area contributed by atoms with Crippen LogP contribution < -0.4 is 10.5 Å². The van der Waals surface area contributed by atoms with Crippen molar-refractivity contribution in [2.75, 3.05) is 6.61 Å². The predicted molar refractivity (Wildman–Crippen MR) is 73.3 cm³/mol. The molecule has 0 saturated heterocycles.